The van der Waals surface area contributed by atoms with Gasteiger partial charge in [0.1, 0.15) is 0 Å². The van der Waals surface area contributed by atoms with E-state index in [1.54, 1.807) is 0 Å². The van der Waals surface area contributed by atoms with Crippen LogP contribution in [0.15, 0.2) is 93.7 Å². The second-order valence-corrected chi connectivity index (χ2v) is 26.1. The first-order chi connectivity index (χ1) is 36.4. The molecule has 0 aromatic carbocycles. The molecule has 0 saturated heterocycles. The van der Waals surface area contributed by atoms with E-state index >= 15 is 0 Å². The first kappa shape index (κ1) is 67.1. The molecule has 0 spiro atoms. The van der Waals surface area contributed by atoms with Gasteiger partial charge in [-0.2, -0.15) is 0 Å². The summed E-state index contributed by atoms with van der Waals surface area (Å²) >= 11 is 0. The van der Waals surface area contributed by atoms with E-state index in [9.17, 15) is 9.59 Å². The fourth-order valence-corrected chi connectivity index (χ4v) is 12.9. The van der Waals surface area contributed by atoms with E-state index < -0.39 is 5.41 Å². The van der Waals surface area contributed by atoms with Gasteiger partial charge in [0.2, 0.25) is 0 Å². The first-order valence-corrected chi connectivity index (χ1v) is 32.3. The van der Waals surface area contributed by atoms with E-state index in [-0.39, 0.29) is 47.1 Å². The normalized spacial score (nSPS) is 22.4. The molecule has 0 radical (unpaired) electrons. The molecule has 76 heavy (non-hydrogen) atoms. The summed E-state index contributed by atoms with van der Waals surface area (Å²) in [6.45, 7) is 28.3. The topological polar surface area (TPSA) is 52.6 Å². The Kier molecular flexibility index (Phi) is 33.3. The molecule has 0 bridgehead atoms. The number of hydrogen-bond acceptors (Lipinski definition) is 4. The van der Waals surface area contributed by atoms with Crippen molar-refractivity contribution in [3.8, 4) is 0 Å². The number of unbranched alkanes of at least 4 members (excludes halogenated alkanes) is 24. The van der Waals surface area contributed by atoms with Gasteiger partial charge < -0.3 is 9.47 Å². The lowest BCUT2D eigenvalue weighted by Crippen LogP contribution is -2.45. The van der Waals surface area contributed by atoms with Crippen LogP contribution >= 0.6 is 0 Å². The molecular formula is C72H120O4. The SMILES string of the molecule is CCCCCCCCCCCCCCCC(=O)OCC1C(C)=CC(/C=C(C)/C=C/C2=C(C)CCCC2(C)C)C(C)(/C=C/C=C(C)/C=C/C2=C(C)CCCC2(C)C)C1COC(=O)CCCCCCCCCCCCCCC. The van der Waals surface area contributed by atoms with E-state index in [0.29, 0.717) is 19.4 Å². The molecule has 0 aliphatic heterocycles. The van der Waals surface area contributed by atoms with E-state index in [2.05, 4.69) is 138 Å². The molecule has 3 aliphatic carbocycles. The van der Waals surface area contributed by atoms with Crippen LogP contribution in [-0.4, -0.2) is 25.2 Å². The molecule has 0 saturated carbocycles. The fraction of sp³-hybridized carbons (Fsp3) is 0.750. The maximum Gasteiger partial charge on any atom is 0.305 e. The van der Waals surface area contributed by atoms with Crippen molar-refractivity contribution in [3.63, 3.8) is 0 Å². The van der Waals surface area contributed by atoms with Crippen molar-refractivity contribution in [1.29, 1.82) is 0 Å². The number of rotatable bonds is 39. The van der Waals surface area contributed by atoms with Crippen molar-refractivity contribution in [3.05, 3.63) is 93.7 Å². The van der Waals surface area contributed by atoms with Crippen LogP contribution in [0, 0.1) is 34.0 Å². The first-order valence-electron chi connectivity index (χ1n) is 32.3. The summed E-state index contributed by atoms with van der Waals surface area (Å²) in [6, 6.07) is 0. The Morgan fingerprint density at radius 2 is 0.921 bits per heavy atom. The number of carbonyl (C=O) groups is 2. The monoisotopic (exact) mass is 1050 g/mol. The molecule has 432 valence electrons. The average molecular weight is 1050 g/mol. The standard InChI is InChI=1S/C72H120O4/c1-13-15-17-19-21-23-25-27-29-31-33-35-37-45-68(73)75-56-64-62(7)55-63(54-59(4)48-50-66-61(6)44-41-52-71(66,10)11)72(12,53-39-42-58(3)47-49-65-60(5)43-40-51-70(65,8)9)67(64)57-76-69(74)46-38-36-34-32-30-28-26-24-22-20-18-16-14-2/h39,42,47-50,53-55,63-64,67H,13-38,40-41,43-46,51-52,56-57H2,1-12H3/b49-47+,50-48+,53-39+,58-42+,59-54+. The number of ether oxygens (including phenoxy) is 2. The van der Waals surface area contributed by atoms with Gasteiger partial charge in [-0.05, 0) is 108 Å². The molecule has 3 aliphatic rings. The minimum atomic E-state index is -0.444. The second-order valence-electron chi connectivity index (χ2n) is 26.1. The summed E-state index contributed by atoms with van der Waals surface area (Å²) < 4.78 is 12.6. The van der Waals surface area contributed by atoms with E-state index in [4.69, 9.17) is 9.47 Å². The predicted octanol–water partition coefficient (Wildman–Crippen LogP) is 22.5. The zero-order valence-corrected chi connectivity index (χ0v) is 52.0. The van der Waals surface area contributed by atoms with E-state index in [1.807, 2.05) is 0 Å². The van der Waals surface area contributed by atoms with Gasteiger partial charge in [0.05, 0.1) is 13.2 Å². The Balaban J connectivity index is 1.82. The van der Waals surface area contributed by atoms with Crippen molar-refractivity contribution in [2.24, 2.45) is 34.0 Å². The van der Waals surface area contributed by atoms with Gasteiger partial charge >= 0.3 is 11.9 Å². The molecule has 0 N–H and O–H groups in total. The van der Waals surface area contributed by atoms with Crippen molar-refractivity contribution in [2.45, 2.75) is 301 Å². The lowest BCUT2D eigenvalue weighted by atomic mass is 9.58. The summed E-state index contributed by atoms with van der Waals surface area (Å²) in [4.78, 5) is 27.2. The molecule has 0 aromatic heterocycles. The molecule has 0 heterocycles. The zero-order valence-electron chi connectivity index (χ0n) is 52.0. The fourth-order valence-electron chi connectivity index (χ4n) is 12.9. The van der Waals surface area contributed by atoms with Crippen molar-refractivity contribution in [2.75, 3.05) is 13.2 Å². The quantitative estimate of drug-likeness (QED) is 0.0266. The molecule has 0 fully saturated rings. The van der Waals surface area contributed by atoms with Gasteiger partial charge in [-0.15, -0.1) is 0 Å². The largest absolute Gasteiger partial charge is 0.465 e. The van der Waals surface area contributed by atoms with Crippen molar-refractivity contribution >= 4 is 11.9 Å². The molecule has 0 aromatic rings. The van der Waals surface area contributed by atoms with Crippen LogP contribution in [-0.2, 0) is 19.1 Å². The van der Waals surface area contributed by atoms with Crippen LogP contribution in [0.3, 0.4) is 0 Å². The third kappa shape index (κ3) is 25.8. The van der Waals surface area contributed by atoms with Gasteiger partial charge in [-0.25, -0.2) is 0 Å². The molecule has 0 amide bonds. The summed E-state index contributed by atoms with van der Waals surface area (Å²) in [5, 5.41) is 0. The Bertz CT molecular complexity index is 1920. The van der Waals surface area contributed by atoms with Crippen LogP contribution in [0.1, 0.15) is 301 Å². The van der Waals surface area contributed by atoms with Crippen LogP contribution in [0.5, 0.6) is 0 Å². The van der Waals surface area contributed by atoms with Crippen LogP contribution in [0.4, 0.5) is 0 Å². The van der Waals surface area contributed by atoms with Crippen molar-refractivity contribution in [1.82, 2.24) is 0 Å². The highest BCUT2D eigenvalue weighted by molar-refractivity contribution is 5.69. The smallest absolute Gasteiger partial charge is 0.305 e. The Morgan fingerprint density at radius 1 is 0.539 bits per heavy atom. The van der Waals surface area contributed by atoms with Gasteiger partial charge in [0, 0.05) is 36.0 Å². The molecule has 4 atom stereocenters. The van der Waals surface area contributed by atoms with Gasteiger partial charge in [0.15, 0.2) is 0 Å². The van der Waals surface area contributed by atoms with Gasteiger partial charge in [-0.1, -0.05) is 285 Å². The number of esters is 2. The van der Waals surface area contributed by atoms with Crippen LogP contribution in [0.25, 0.3) is 0 Å². The maximum absolute atomic E-state index is 13.7. The van der Waals surface area contributed by atoms with E-state index in [0.717, 1.165) is 25.7 Å². The highest BCUT2D eigenvalue weighted by Gasteiger charge is 2.47. The third-order valence-corrected chi connectivity index (χ3v) is 18.2. The number of carbonyl (C=O) groups excluding carboxylic acids is 2. The number of hydrogen-bond donors (Lipinski definition) is 0. The minimum absolute atomic E-state index is 0.0328. The Labute approximate surface area is 471 Å². The van der Waals surface area contributed by atoms with Gasteiger partial charge in [-0.3, -0.25) is 9.59 Å². The maximum atomic E-state index is 13.7. The second kappa shape index (κ2) is 37.7. The number of allylic oxidation sites excluding steroid dienone is 15. The van der Waals surface area contributed by atoms with Crippen molar-refractivity contribution < 1.29 is 19.1 Å². The average Bonchev–Trinajstić information content (AvgIpc) is 3.36. The summed E-state index contributed by atoms with van der Waals surface area (Å²) in [5.41, 5.74) is 9.49. The minimum Gasteiger partial charge on any atom is -0.465 e. The molecular weight excluding hydrogens is 929 g/mol. The molecule has 4 unspecified atom stereocenters. The summed E-state index contributed by atoms with van der Waals surface area (Å²) in [6.07, 6.45) is 62.5. The highest BCUT2D eigenvalue weighted by atomic mass is 16.5. The molecule has 3 rings (SSSR count). The Hall–Kier alpha value is -3.14. The lowest BCUT2D eigenvalue weighted by Gasteiger charge is -2.47. The predicted molar refractivity (Wildman–Crippen MR) is 330 cm³/mol. The summed E-state index contributed by atoms with van der Waals surface area (Å²) in [7, 11) is 0. The molecule has 4 nitrogen and oxygen atoms in total. The highest BCUT2D eigenvalue weighted by Crippen LogP contribution is 2.50. The zero-order chi connectivity index (χ0) is 55.7. The lowest BCUT2D eigenvalue weighted by molar-refractivity contribution is -0.151. The van der Waals surface area contributed by atoms with E-state index in [1.165, 1.54) is 219 Å². The third-order valence-electron chi connectivity index (χ3n) is 18.2. The summed E-state index contributed by atoms with van der Waals surface area (Å²) in [5.74, 6) is -0.374. The van der Waals surface area contributed by atoms with Crippen LogP contribution in [0.2, 0.25) is 0 Å². The Morgan fingerprint density at radius 3 is 1.33 bits per heavy atom. The van der Waals surface area contributed by atoms with Gasteiger partial charge in [0.25, 0.3) is 0 Å². The molecule has 4 heteroatoms. The van der Waals surface area contributed by atoms with Crippen LogP contribution < -0.4 is 0 Å².